The number of amides is 1. The van der Waals surface area contributed by atoms with E-state index in [9.17, 15) is 9.59 Å². The normalized spacial score (nSPS) is 15.7. The number of benzene rings is 1. The Morgan fingerprint density at radius 2 is 2.10 bits per heavy atom. The molecule has 0 saturated carbocycles. The van der Waals surface area contributed by atoms with Crippen LogP contribution in [0.2, 0.25) is 0 Å². The summed E-state index contributed by atoms with van der Waals surface area (Å²) in [6, 6.07) is 6.68. The van der Waals surface area contributed by atoms with Gasteiger partial charge in [0.2, 0.25) is 0 Å². The van der Waals surface area contributed by atoms with E-state index in [0.717, 1.165) is 32.8 Å². The number of hydroxylamine groups is 2. The van der Waals surface area contributed by atoms with Crippen LogP contribution >= 0.6 is 0 Å². The smallest absolute Gasteiger partial charge is 0.277 e. The standard InChI is InChI=1S/C15H20N2O4/c1-16(21-11-8-17-6-9-20-10-7-17)15(19)14-5-3-2-4-13(14)12-18/h2-5,12H,6-11H2,1H3. The number of morpholine rings is 1. The van der Waals surface area contributed by atoms with Crippen molar-refractivity contribution in [2.45, 2.75) is 0 Å². The fraction of sp³-hybridized carbons (Fsp3) is 0.467. The summed E-state index contributed by atoms with van der Waals surface area (Å²) in [5, 5.41) is 1.18. The summed E-state index contributed by atoms with van der Waals surface area (Å²) in [4.78, 5) is 30.8. The Kier molecular flexibility index (Phi) is 5.86. The van der Waals surface area contributed by atoms with Crippen molar-refractivity contribution in [1.82, 2.24) is 9.96 Å². The Balaban J connectivity index is 1.83. The molecule has 0 bridgehead atoms. The summed E-state index contributed by atoms with van der Waals surface area (Å²) in [7, 11) is 1.56. The van der Waals surface area contributed by atoms with Gasteiger partial charge >= 0.3 is 0 Å². The average molecular weight is 292 g/mol. The van der Waals surface area contributed by atoms with E-state index >= 15 is 0 Å². The van der Waals surface area contributed by atoms with Gasteiger partial charge in [0.15, 0.2) is 6.29 Å². The molecule has 0 aliphatic carbocycles. The van der Waals surface area contributed by atoms with Crippen LogP contribution in [0.15, 0.2) is 24.3 Å². The highest BCUT2D eigenvalue weighted by Crippen LogP contribution is 2.09. The van der Waals surface area contributed by atoms with Crippen molar-refractivity contribution >= 4 is 12.2 Å². The number of ether oxygens (including phenoxy) is 1. The van der Waals surface area contributed by atoms with Crippen LogP contribution in [0, 0.1) is 0 Å². The average Bonchev–Trinajstić information content (AvgIpc) is 2.55. The number of hydrogen-bond acceptors (Lipinski definition) is 5. The molecule has 1 fully saturated rings. The lowest BCUT2D eigenvalue weighted by Gasteiger charge is -2.27. The summed E-state index contributed by atoms with van der Waals surface area (Å²) in [6.45, 7) is 4.41. The number of hydrogen-bond donors (Lipinski definition) is 0. The maximum Gasteiger partial charge on any atom is 0.277 e. The first-order valence-corrected chi connectivity index (χ1v) is 6.97. The number of carbonyl (C=O) groups is 2. The Labute approximate surface area is 124 Å². The van der Waals surface area contributed by atoms with Gasteiger partial charge in [0.05, 0.1) is 25.4 Å². The Bertz CT molecular complexity index is 486. The maximum absolute atomic E-state index is 12.2. The van der Waals surface area contributed by atoms with Crippen molar-refractivity contribution in [1.29, 1.82) is 0 Å². The van der Waals surface area contributed by atoms with Gasteiger partial charge in [0.1, 0.15) is 0 Å². The lowest BCUT2D eigenvalue weighted by atomic mass is 10.1. The maximum atomic E-state index is 12.2. The van der Waals surface area contributed by atoms with Crippen LogP contribution in [0.3, 0.4) is 0 Å². The minimum absolute atomic E-state index is 0.320. The molecule has 1 aromatic rings. The number of rotatable bonds is 6. The van der Waals surface area contributed by atoms with Gasteiger partial charge in [-0.05, 0) is 6.07 Å². The monoisotopic (exact) mass is 292 g/mol. The van der Waals surface area contributed by atoms with Crippen LogP contribution in [-0.2, 0) is 9.57 Å². The third-order valence-corrected chi connectivity index (χ3v) is 3.40. The molecule has 2 rings (SSSR count). The van der Waals surface area contributed by atoms with Crippen molar-refractivity contribution in [3.8, 4) is 0 Å². The van der Waals surface area contributed by atoms with E-state index in [-0.39, 0.29) is 5.91 Å². The van der Waals surface area contributed by atoms with Gasteiger partial charge in [-0.15, -0.1) is 0 Å². The van der Waals surface area contributed by atoms with Crippen molar-refractivity contribution in [2.75, 3.05) is 46.5 Å². The second-order valence-corrected chi connectivity index (χ2v) is 4.79. The van der Waals surface area contributed by atoms with Gasteiger partial charge in [0.25, 0.3) is 5.91 Å². The zero-order valence-corrected chi connectivity index (χ0v) is 12.2. The highest BCUT2D eigenvalue weighted by atomic mass is 16.7. The molecule has 1 heterocycles. The SMILES string of the molecule is CN(OCCN1CCOCC1)C(=O)c1ccccc1C=O. The molecule has 0 aromatic heterocycles. The summed E-state index contributed by atoms with van der Waals surface area (Å²) in [6.07, 6.45) is 0.675. The molecule has 114 valence electrons. The molecule has 1 aromatic carbocycles. The Morgan fingerprint density at radius 3 is 2.81 bits per heavy atom. The van der Waals surface area contributed by atoms with Crippen LogP contribution in [-0.4, -0.2) is 68.7 Å². The van der Waals surface area contributed by atoms with E-state index in [0.29, 0.717) is 24.0 Å². The summed E-state index contributed by atoms with van der Waals surface area (Å²) in [5.74, 6) is -0.320. The minimum atomic E-state index is -0.320. The third-order valence-electron chi connectivity index (χ3n) is 3.40. The third kappa shape index (κ3) is 4.35. The molecule has 1 amide bonds. The zero-order valence-electron chi connectivity index (χ0n) is 12.2. The van der Waals surface area contributed by atoms with Crippen molar-refractivity contribution < 1.29 is 19.2 Å². The van der Waals surface area contributed by atoms with Gasteiger partial charge in [-0.3, -0.25) is 19.3 Å². The first kappa shape index (κ1) is 15.6. The predicted octanol–water partition coefficient (Wildman–Crippen LogP) is 0.835. The second kappa shape index (κ2) is 7.87. The Morgan fingerprint density at radius 1 is 1.38 bits per heavy atom. The van der Waals surface area contributed by atoms with Gasteiger partial charge in [-0.25, -0.2) is 5.06 Å². The van der Waals surface area contributed by atoms with Crippen LogP contribution in [0.1, 0.15) is 20.7 Å². The molecule has 1 aliphatic rings. The first-order chi connectivity index (χ1) is 10.2. The lowest BCUT2D eigenvalue weighted by Crippen LogP contribution is -2.39. The molecule has 21 heavy (non-hydrogen) atoms. The predicted molar refractivity (Wildman–Crippen MR) is 77.1 cm³/mol. The Hall–Kier alpha value is -1.76. The van der Waals surface area contributed by atoms with Gasteiger partial charge < -0.3 is 4.74 Å². The van der Waals surface area contributed by atoms with Gasteiger partial charge in [0, 0.05) is 32.2 Å². The van der Waals surface area contributed by atoms with Gasteiger partial charge in [-0.2, -0.15) is 0 Å². The van der Waals surface area contributed by atoms with Crippen LogP contribution in [0.4, 0.5) is 0 Å². The molecular weight excluding hydrogens is 272 g/mol. The zero-order chi connectivity index (χ0) is 15.1. The fourth-order valence-corrected chi connectivity index (χ4v) is 2.15. The minimum Gasteiger partial charge on any atom is -0.379 e. The molecule has 0 N–H and O–H groups in total. The van der Waals surface area contributed by atoms with Crippen LogP contribution in [0.5, 0.6) is 0 Å². The molecule has 0 unspecified atom stereocenters. The lowest BCUT2D eigenvalue weighted by molar-refractivity contribution is -0.113. The van der Waals surface area contributed by atoms with E-state index < -0.39 is 0 Å². The number of carbonyl (C=O) groups excluding carboxylic acids is 2. The molecule has 6 nitrogen and oxygen atoms in total. The van der Waals surface area contributed by atoms with Crippen molar-refractivity contribution in [3.05, 3.63) is 35.4 Å². The van der Waals surface area contributed by atoms with E-state index in [4.69, 9.17) is 9.57 Å². The second-order valence-electron chi connectivity index (χ2n) is 4.79. The van der Waals surface area contributed by atoms with E-state index in [1.54, 1.807) is 31.3 Å². The molecule has 6 heteroatoms. The van der Waals surface area contributed by atoms with E-state index in [2.05, 4.69) is 4.90 Å². The first-order valence-electron chi connectivity index (χ1n) is 6.97. The highest BCUT2D eigenvalue weighted by Gasteiger charge is 2.16. The summed E-state index contributed by atoms with van der Waals surface area (Å²) in [5.41, 5.74) is 0.715. The number of aldehydes is 1. The molecular formula is C15H20N2O4. The molecule has 1 aliphatic heterocycles. The topological polar surface area (TPSA) is 59.1 Å². The summed E-state index contributed by atoms with van der Waals surface area (Å²) >= 11 is 0. The van der Waals surface area contributed by atoms with Gasteiger partial charge in [-0.1, -0.05) is 18.2 Å². The molecule has 1 saturated heterocycles. The van der Waals surface area contributed by atoms with E-state index in [1.165, 1.54) is 5.06 Å². The van der Waals surface area contributed by atoms with Crippen molar-refractivity contribution in [2.24, 2.45) is 0 Å². The van der Waals surface area contributed by atoms with E-state index in [1.807, 2.05) is 0 Å². The quantitative estimate of drug-likeness (QED) is 0.574. The largest absolute Gasteiger partial charge is 0.379 e. The fourth-order valence-electron chi connectivity index (χ4n) is 2.15. The molecule has 0 spiro atoms. The van der Waals surface area contributed by atoms with Crippen LogP contribution in [0.25, 0.3) is 0 Å². The number of nitrogens with zero attached hydrogens (tertiary/aromatic N) is 2. The summed E-state index contributed by atoms with van der Waals surface area (Å²) < 4.78 is 5.27. The highest BCUT2D eigenvalue weighted by molar-refractivity contribution is 6.00. The van der Waals surface area contributed by atoms with Crippen molar-refractivity contribution in [3.63, 3.8) is 0 Å². The van der Waals surface area contributed by atoms with Crippen LogP contribution < -0.4 is 0 Å². The molecule has 0 atom stereocenters. The molecule has 0 radical (unpaired) electrons.